The lowest BCUT2D eigenvalue weighted by Gasteiger charge is -2.15. The molecule has 53 heavy (non-hydrogen) atoms. The molecule has 0 aliphatic carbocycles. The van der Waals surface area contributed by atoms with E-state index in [1.54, 1.807) is 0 Å². The predicted octanol–water partition coefficient (Wildman–Crippen LogP) is 12.2. The number of allylic oxidation sites excluding steroid dienone is 3. The monoisotopic (exact) mass is 690 g/mol. The Balaban J connectivity index is 1.19. The van der Waals surface area contributed by atoms with Crippen LogP contribution in [-0.4, -0.2) is 19.3 Å². The molecule has 0 fully saturated rings. The van der Waals surface area contributed by atoms with E-state index in [0.717, 1.165) is 83.4 Å². The summed E-state index contributed by atoms with van der Waals surface area (Å²) in [7, 11) is 4.15. The highest BCUT2D eigenvalue weighted by molar-refractivity contribution is 6.00. The van der Waals surface area contributed by atoms with Crippen molar-refractivity contribution in [3.8, 4) is 56.3 Å². The van der Waals surface area contributed by atoms with Crippen LogP contribution in [0.4, 0.5) is 0 Å². The molecule has 8 rings (SSSR count). The van der Waals surface area contributed by atoms with E-state index < -0.39 is 0 Å². The van der Waals surface area contributed by atoms with Crippen LogP contribution in [0.1, 0.15) is 22.3 Å². The van der Waals surface area contributed by atoms with Gasteiger partial charge in [-0.2, -0.15) is 0 Å². The minimum Gasteiger partial charge on any atom is -0.507 e. The van der Waals surface area contributed by atoms with Gasteiger partial charge in [0.25, 0.3) is 0 Å². The second-order valence-electron chi connectivity index (χ2n) is 13.9. The van der Waals surface area contributed by atoms with Crippen molar-refractivity contribution in [2.45, 2.75) is 20.3 Å². The van der Waals surface area contributed by atoms with E-state index in [1.165, 1.54) is 5.39 Å². The first-order chi connectivity index (χ1) is 25.8. The zero-order valence-corrected chi connectivity index (χ0v) is 30.5. The zero-order chi connectivity index (χ0) is 36.6. The Kier molecular flexibility index (Phi) is 8.81. The molecule has 0 atom stereocenters. The summed E-state index contributed by atoms with van der Waals surface area (Å²) >= 11 is 0. The Bertz CT molecular complexity index is 2690. The van der Waals surface area contributed by atoms with Crippen LogP contribution in [0.5, 0.6) is 11.5 Å². The highest BCUT2D eigenvalue weighted by atomic mass is 16.3. The van der Waals surface area contributed by atoms with Crippen molar-refractivity contribution in [3.63, 3.8) is 0 Å². The molecule has 0 saturated heterocycles. The maximum Gasteiger partial charge on any atom is 0.132 e. The molecule has 0 aliphatic heterocycles. The number of hydrogen-bond acceptors (Lipinski definition) is 2. The molecule has 8 aromatic rings. The minimum absolute atomic E-state index is 0.274. The second kappa shape index (κ2) is 13.9. The van der Waals surface area contributed by atoms with Crippen molar-refractivity contribution in [2.24, 2.45) is 14.1 Å². The third kappa shape index (κ3) is 6.02. The van der Waals surface area contributed by atoms with Crippen molar-refractivity contribution < 1.29 is 10.2 Å². The highest BCUT2D eigenvalue weighted by Crippen LogP contribution is 2.45. The van der Waals surface area contributed by atoms with Gasteiger partial charge in [-0.3, -0.25) is 0 Å². The van der Waals surface area contributed by atoms with Gasteiger partial charge in [0.15, 0.2) is 0 Å². The molecule has 2 N–H and O–H groups in total. The van der Waals surface area contributed by atoms with Gasteiger partial charge in [-0.1, -0.05) is 121 Å². The SMILES string of the molecule is Cc1cc(-c2ccccc2)c(O)c(-c2c(/C=C/C=C\Cc3c(-c4cc(C)cc(-c5ccccc5)c4O)n(C)c4ccccc34)c3ccccc3n2C)c1. The summed E-state index contributed by atoms with van der Waals surface area (Å²) in [4.78, 5) is 0. The highest BCUT2D eigenvalue weighted by Gasteiger charge is 2.22. The number of rotatable bonds is 8. The molecule has 4 nitrogen and oxygen atoms in total. The van der Waals surface area contributed by atoms with Gasteiger partial charge in [0, 0.05) is 63.7 Å². The van der Waals surface area contributed by atoms with Gasteiger partial charge < -0.3 is 19.3 Å². The van der Waals surface area contributed by atoms with Gasteiger partial charge in [0.2, 0.25) is 0 Å². The van der Waals surface area contributed by atoms with E-state index in [0.29, 0.717) is 6.42 Å². The molecule has 0 saturated carbocycles. The molecule has 6 aromatic carbocycles. The van der Waals surface area contributed by atoms with Crippen molar-refractivity contribution in [2.75, 3.05) is 0 Å². The first-order valence-electron chi connectivity index (χ1n) is 18.1. The minimum atomic E-state index is 0.274. The topological polar surface area (TPSA) is 50.3 Å². The molecule has 0 unspecified atom stereocenters. The average molecular weight is 691 g/mol. The van der Waals surface area contributed by atoms with E-state index in [4.69, 9.17) is 0 Å². The summed E-state index contributed by atoms with van der Waals surface area (Å²) in [5, 5.41) is 25.9. The molecular weight excluding hydrogens is 649 g/mol. The van der Waals surface area contributed by atoms with Crippen molar-refractivity contribution in [3.05, 3.63) is 174 Å². The third-order valence-corrected chi connectivity index (χ3v) is 10.4. The number of hydrogen-bond donors (Lipinski definition) is 2. The molecule has 2 aromatic heterocycles. The van der Waals surface area contributed by atoms with Crippen LogP contribution in [0, 0.1) is 13.8 Å². The number of benzene rings is 6. The Morgan fingerprint density at radius 3 is 1.55 bits per heavy atom. The Morgan fingerprint density at radius 2 is 0.962 bits per heavy atom. The number of nitrogens with zero attached hydrogens (tertiary/aromatic N) is 2. The molecule has 260 valence electrons. The van der Waals surface area contributed by atoms with Crippen LogP contribution in [0.2, 0.25) is 0 Å². The van der Waals surface area contributed by atoms with Gasteiger partial charge in [0.1, 0.15) is 11.5 Å². The fraction of sp³-hybridized carbons (Fsp3) is 0.102. The number of aryl methyl sites for hydroxylation is 4. The average Bonchev–Trinajstić information content (AvgIpc) is 3.63. The first-order valence-corrected chi connectivity index (χ1v) is 18.1. The maximum atomic E-state index is 11.8. The predicted molar refractivity (Wildman–Crippen MR) is 222 cm³/mol. The lowest BCUT2D eigenvalue weighted by molar-refractivity contribution is 0.478. The van der Waals surface area contributed by atoms with E-state index >= 15 is 0 Å². The van der Waals surface area contributed by atoms with Crippen LogP contribution in [0.25, 0.3) is 72.7 Å². The summed E-state index contributed by atoms with van der Waals surface area (Å²) in [6, 6.07) is 45.3. The van der Waals surface area contributed by atoms with Crippen LogP contribution in [0.15, 0.2) is 152 Å². The van der Waals surface area contributed by atoms with E-state index in [1.807, 2.05) is 60.7 Å². The quantitative estimate of drug-likeness (QED) is 0.156. The zero-order valence-electron chi connectivity index (χ0n) is 30.5. The van der Waals surface area contributed by atoms with Crippen molar-refractivity contribution in [1.82, 2.24) is 9.13 Å². The molecule has 0 amide bonds. The number of fused-ring (bicyclic) bond motifs is 2. The number of aromatic nitrogens is 2. The fourth-order valence-electron chi connectivity index (χ4n) is 7.95. The molecule has 4 heteroatoms. The van der Waals surface area contributed by atoms with Crippen LogP contribution in [-0.2, 0) is 20.5 Å². The fourth-order valence-corrected chi connectivity index (χ4v) is 7.95. The summed E-state index contributed by atoms with van der Waals surface area (Å²) in [5.74, 6) is 0.562. The van der Waals surface area contributed by atoms with E-state index in [2.05, 4.69) is 134 Å². The Labute approximate surface area is 310 Å². The van der Waals surface area contributed by atoms with Crippen molar-refractivity contribution in [1.29, 1.82) is 0 Å². The van der Waals surface area contributed by atoms with E-state index in [9.17, 15) is 10.2 Å². The Morgan fingerprint density at radius 1 is 0.509 bits per heavy atom. The van der Waals surface area contributed by atoms with Crippen LogP contribution in [0.3, 0.4) is 0 Å². The summed E-state index contributed by atoms with van der Waals surface area (Å²) in [6.45, 7) is 4.17. The second-order valence-corrected chi connectivity index (χ2v) is 13.9. The molecule has 0 aliphatic rings. The molecular formula is C49H42N2O2. The van der Waals surface area contributed by atoms with Gasteiger partial charge in [-0.25, -0.2) is 0 Å². The number of phenols is 2. The molecule has 0 spiro atoms. The number of aromatic hydroxyl groups is 2. The van der Waals surface area contributed by atoms with Crippen LogP contribution >= 0.6 is 0 Å². The standard InChI is InChI=1S/C49H42N2O2/c1-32-28-40(34-18-8-5-9-19-34)48(52)42(30-32)46-38(36-22-14-16-26-44(36)50(46)3)24-12-7-13-25-39-37-23-15-17-27-45(37)51(4)47(39)43-31-33(2)29-41(49(43)53)35-20-10-6-11-21-35/h5-24,26-31,52-53H,25H2,1-4H3/b13-7-,24-12+. The van der Waals surface area contributed by atoms with Gasteiger partial charge in [-0.05, 0) is 84.5 Å². The van der Waals surface area contributed by atoms with Crippen LogP contribution < -0.4 is 0 Å². The van der Waals surface area contributed by atoms with Crippen molar-refractivity contribution >= 4 is 27.9 Å². The first kappa shape index (κ1) is 33.6. The summed E-state index contributed by atoms with van der Waals surface area (Å²) < 4.78 is 4.39. The molecule has 0 radical (unpaired) electrons. The normalized spacial score (nSPS) is 11.8. The number of phenolic OH excluding ortho intramolecular Hbond substituents is 2. The molecule has 0 bridgehead atoms. The third-order valence-electron chi connectivity index (χ3n) is 10.4. The van der Waals surface area contributed by atoms with Gasteiger partial charge >= 0.3 is 0 Å². The lowest BCUT2D eigenvalue weighted by Crippen LogP contribution is -1.96. The molecule has 2 heterocycles. The van der Waals surface area contributed by atoms with E-state index in [-0.39, 0.29) is 11.5 Å². The smallest absolute Gasteiger partial charge is 0.132 e. The van der Waals surface area contributed by atoms with Gasteiger partial charge in [0.05, 0.1) is 11.4 Å². The Hall–Kier alpha value is -6.52. The van der Waals surface area contributed by atoms with Gasteiger partial charge in [-0.15, -0.1) is 0 Å². The largest absolute Gasteiger partial charge is 0.507 e. The summed E-state index contributed by atoms with van der Waals surface area (Å²) in [5.41, 5.74) is 13.8. The lowest BCUT2D eigenvalue weighted by atomic mass is 9.94. The summed E-state index contributed by atoms with van der Waals surface area (Å²) in [6.07, 6.45) is 9.22. The maximum absolute atomic E-state index is 11.8. The number of para-hydroxylation sites is 2.